The summed E-state index contributed by atoms with van der Waals surface area (Å²) in [5.41, 5.74) is 3.59. The van der Waals surface area contributed by atoms with Crippen molar-refractivity contribution in [2.75, 3.05) is 20.8 Å². The first kappa shape index (κ1) is 19.5. The summed E-state index contributed by atoms with van der Waals surface area (Å²) in [5.74, 6) is 1.29. The van der Waals surface area contributed by atoms with Crippen molar-refractivity contribution in [1.82, 2.24) is 14.7 Å². The van der Waals surface area contributed by atoms with E-state index >= 15 is 0 Å². The first-order chi connectivity index (χ1) is 13.5. The number of hydrogen-bond donors (Lipinski definition) is 0. The van der Waals surface area contributed by atoms with Crippen LogP contribution >= 0.6 is 0 Å². The highest BCUT2D eigenvalue weighted by molar-refractivity contribution is 5.94. The summed E-state index contributed by atoms with van der Waals surface area (Å²) in [5, 5.41) is 4.18. The number of hydrogen-bond acceptors (Lipinski definition) is 4. The van der Waals surface area contributed by atoms with Crippen molar-refractivity contribution in [1.29, 1.82) is 0 Å². The zero-order valence-electron chi connectivity index (χ0n) is 16.7. The summed E-state index contributed by atoms with van der Waals surface area (Å²) in [6.07, 6.45) is 3.75. The van der Waals surface area contributed by atoms with Gasteiger partial charge in [0, 0.05) is 43.5 Å². The Morgan fingerprint density at radius 1 is 1.14 bits per heavy atom. The van der Waals surface area contributed by atoms with Crippen LogP contribution in [0, 0.1) is 0 Å². The Kier molecular flexibility index (Phi) is 5.99. The standard InChI is InChI=1S/C22H25N3O3/c1-5-28-21-18(7-6-8-20(21)27-4)14-24(2)22(26)17-11-9-16(10-12-17)19-13-23-25(3)15-19/h6-13,15H,5,14H2,1-4H3. The summed E-state index contributed by atoms with van der Waals surface area (Å²) in [4.78, 5) is 14.5. The number of nitrogens with zero attached hydrogens (tertiary/aromatic N) is 3. The molecule has 1 aromatic heterocycles. The van der Waals surface area contributed by atoms with Gasteiger partial charge in [0.1, 0.15) is 0 Å². The van der Waals surface area contributed by atoms with Gasteiger partial charge in [-0.25, -0.2) is 0 Å². The third-order valence-electron chi connectivity index (χ3n) is 4.49. The van der Waals surface area contributed by atoms with Gasteiger partial charge in [0.25, 0.3) is 5.91 Å². The molecule has 0 saturated carbocycles. The molecule has 0 spiro atoms. The van der Waals surface area contributed by atoms with Crippen LogP contribution in [0.25, 0.3) is 11.1 Å². The SMILES string of the molecule is CCOc1c(CN(C)C(=O)c2ccc(-c3cnn(C)c3)cc2)cccc1OC. The van der Waals surface area contributed by atoms with Gasteiger partial charge in [-0.2, -0.15) is 5.10 Å². The van der Waals surface area contributed by atoms with E-state index in [1.54, 1.807) is 29.9 Å². The maximum atomic E-state index is 12.9. The fourth-order valence-electron chi connectivity index (χ4n) is 3.08. The number of amides is 1. The Balaban J connectivity index is 1.76. The number of para-hydroxylation sites is 1. The molecule has 0 radical (unpaired) electrons. The number of benzene rings is 2. The predicted octanol–water partition coefficient (Wildman–Crippen LogP) is 3.77. The van der Waals surface area contributed by atoms with Gasteiger partial charge in [0.05, 0.1) is 19.9 Å². The molecule has 6 heteroatoms. The minimum Gasteiger partial charge on any atom is -0.493 e. The van der Waals surface area contributed by atoms with Crippen molar-refractivity contribution in [3.63, 3.8) is 0 Å². The van der Waals surface area contributed by atoms with E-state index in [0.717, 1.165) is 16.7 Å². The second-order valence-corrected chi connectivity index (χ2v) is 6.52. The van der Waals surface area contributed by atoms with Gasteiger partial charge in [-0.3, -0.25) is 9.48 Å². The highest BCUT2D eigenvalue weighted by atomic mass is 16.5. The highest BCUT2D eigenvalue weighted by Crippen LogP contribution is 2.32. The topological polar surface area (TPSA) is 56.6 Å². The molecule has 0 fully saturated rings. The van der Waals surface area contributed by atoms with Gasteiger partial charge < -0.3 is 14.4 Å². The number of rotatable bonds is 7. The number of carbonyl (C=O) groups excluding carboxylic acids is 1. The quantitative estimate of drug-likeness (QED) is 0.627. The fraction of sp³-hybridized carbons (Fsp3) is 0.273. The van der Waals surface area contributed by atoms with Crippen LogP contribution in [-0.4, -0.2) is 41.4 Å². The van der Waals surface area contributed by atoms with Crippen LogP contribution in [0.3, 0.4) is 0 Å². The van der Waals surface area contributed by atoms with E-state index < -0.39 is 0 Å². The molecule has 0 aliphatic rings. The lowest BCUT2D eigenvalue weighted by Crippen LogP contribution is -2.26. The first-order valence-electron chi connectivity index (χ1n) is 9.16. The lowest BCUT2D eigenvalue weighted by Gasteiger charge is -2.20. The van der Waals surface area contributed by atoms with Crippen molar-refractivity contribution in [2.24, 2.45) is 7.05 Å². The molecule has 0 unspecified atom stereocenters. The number of carbonyl (C=O) groups is 1. The van der Waals surface area contributed by atoms with Gasteiger partial charge in [-0.15, -0.1) is 0 Å². The van der Waals surface area contributed by atoms with Crippen molar-refractivity contribution in [3.05, 3.63) is 66.0 Å². The third-order valence-corrected chi connectivity index (χ3v) is 4.49. The Bertz CT molecular complexity index is 948. The molecule has 1 amide bonds. The lowest BCUT2D eigenvalue weighted by atomic mass is 10.1. The molecule has 3 rings (SSSR count). The summed E-state index contributed by atoms with van der Waals surface area (Å²) < 4.78 is 12.9. The molecule has 146 valence electrons. The lowest BCUT2D eigenvalue weighted by molar-refractivity contribution is 0.0784. The maximum Gasteiger partial charge on any atom is 0.253 e. The molecule has 0 aliphatic carbocycles. The van der Waals surface area contributed by atoms with E-state index in [-0.39, 0.29) is 5.91 Å². The molecule has 0 aliphatic heterocycles. The van der Waals surface area contributed by atoms with Gasteiger partial charge in [0.2, 0.25) is 0 Å². The zero-order valence-corrected chi connectivity index (χ0v) is 16.7. The Morgan fingerprint density at radius 2 is 1.89 bits per heavy atom. The minimum absolute atomic E-state index is 0.0528. The van der Waals surface area contributed by atoms with Gasteiger partial charge in [0.15, 0.2) is 11.5 Å². The Labute approximate surface area is 165 Å². The smallest absolute Gasteiger partial charge is 0.253 e. The Hall–Kier alpha value is -3.28. The molecule has 1 heterocycles. The van der Waals surface area contributed by atoms with Crippen molar-refractivity contribution >= 4 is 5.91 Å². The van der Waals surface area contributed by atoms with Crippen molar-refractivity contribution < 1.29 is 14.3 Å². The molecule has 0 atom stereocenters. The molecule has 2 aromatic carbocycles. The van der Waals surface area contributed by atoms with Crippen LogP contribution < -0.4 is 9.47 Å². The van der Waals surface area contributed by atoms with Crippen molar-refractivity contribution in [3.8, 4) is 22.6 Å². The van der Waals surface area contributed by atoms with Crippen LogP contribution in [0.15, 0.2) is 54.9 Å². The molecule has 0 N–H and O–H groups in total. The van der Waals surface area contributed by atoms with Gasteiger partial charge in [-0.05, 0) is 30.7 Å². The van der Waals surface area contributed by atoms with Crippen LogP contribution in [0.2, 0.25) is 0 Å². The van der Waals surface area contributed by atoms with Crippen LogP contribution in [0.4, 0.5) is 0 Å². The van der Waals surface area contributed by atoms with E-state index in [0.29, 0.717) is 30.2 Å². The Morgan fingerprint density at radius 3 is 2.50 bits per heavy atom. The molecular formula is C22H25N3O3. The fourth-order valence-corrected chi connectivity index (χ4v) is 3.08. The van der Waals surface area contributed by atoms with E-state index in [1.165, 1.54) is 0 Å². The molecule has 0 saturated heterocycles. The van der Waals surface area contributed by atoms with Gasteiger partial charge in [-0.1, -0.05) is 24.3 Å². The average molecular weight is 379 g/mol. The van der Waals surface area contributed by atoms with Gasteiger partial charge >= 0.3 is 0 Å². The molecular weight excluding hydrogens is 354 g/mol. The third kappa shape index (κ3) is 4.17. The summed E-state index contributed by atoms with van der Waals surface area (Å²) in [6, 6.07) is 13.3. The zero-order chi connectivity index (χ0) is 20.1. The van der Waals surface area contributed by atoms with Crippen LogP contribution in [0.5, 0.6) is 11.5 Å². The van der Waals surface area contributed by atoms with E-state index in [4.69, 9.17) is 9.47 Å². The number of aryl methyl sites for hydroxylation is 1. The second kappa shape index (κ2) is 8.61. The van der Waals surface area contributed by atoms with Crippen molar-refractivity contribution in [2.45, 2.75) is 13.5 Å². The molecule has 0 bridgehead atoms. The number of ether oxygens (including phenoxy) is 2. The van der Waals surface area contributed by atoms with Crippen LogP contribution in [0.1, 0.15) is 22.8 Å². The predicted molar refractivity (Wildman–Crippen MR) is 109 cm³/mol. The largest absolute Gasteiger partial charge is 0.493 e. The normalized spacial score (nSPS) is 10.6. The van der Waals surface area contributed by atoms with E-state index in [9.17, 15) is 4.79 Å². The van der Waals surface area contributed by atoms with Crippen LogP contribution in [-0.2, 0) is 13.6 Å². The monoisotopic (exact) mass is 379 g/mol. The number of aromatic nitrogens is 2. The minimum atomic E-state index is -0.0528. The molecule has 28 heavy (non-hydrogen) atoms. The number of methoxy groups -OCH3 is 1. The highest BCUT2D eigenvalue weighted by Gasteiger charge is 2.17. The summed E-state index contributed by atoms with van der Waals surface area (Å²) in [6.45, 7) is 2.88. The average Bonchev–Trinajstić information content (AvgIpc) is 3.15. The second-order valence-electron chi connectivity index (χ2n) is 6.52. The molecule has 3 aromatic rings. The van der Waals surface area contributed by atoms with E-state index in [1.807, 2.05) is 62.6 Å². The van der Waals surface area contributed by atoms with E-state index in [2.05, 4.69) is 5.10 Å². The molecule has 6 nitrogen and oxygen atoms in total. The summed E-state index contributed by atoms with van der Waals surface area (Å²) >= 11 is 0. The first-order valence-corrected chi connectivity index (χ1v) is 9.16. The summed E-state index contributed by atoms with van der Waals surface area (Å²) in [7, 11) is 5.28. The maximum absolute atomic E-state index is 12.9.